The Balaban J connectivity index is 1.30. The van der Waals surface area contributed by atoms with E-state index in [0.717, 1.165) is 50.8 Å². The van der Waals surface area contributed by atoms with Gasteiger partial charge in [-0.2, -0.15) is 10.2 Å². The van der Waals surface area contributed by atoms with Crippen LogP contribution in [0, 0.1) is 0 Å². The third kappa shape index (κ3) is 5.54. The van der Waals surface area contributed by atoms with E-state index in [9.17, 15) is 0 Å². The van der Waals surface area contributed by atoms with E-state index in [1.165, 1.54) is 0 Å². The molecule has 5 aromatic carbocycles. The van der Waals surface area contributed by atoms with Crippen molar-refractivity contribution >= 4 is 45.6 Å². The van der Waals surface area contributed by atoms with Crippen LogP contribution in [0.2, 0.25) is 0 Å². The third-order valence-corrected chi connectivity index (χ3v) is 6.47. The van der Waals surface area contributed by atoms with Crippen molar-refractivity contribution in [3.05, 3.63) is 157 Å². The lowest BCUT2D eigenvalue weighted by Gasteiger charge is -2.20. The second-order valence-electron chi connectivity index (χ2n) is 9.30. The Labute approximate surface area is 233 Å². The molecule has 0 fully saturated rings. The molecule has 6 rings (SSSR count). The molecular weight excluding hydrogens is 492 g/mol. The van der Waals surface area contributed by atoms with Gasteiger partial charge in [-0.25, -0.2) is 10.0 Å². The Morgan fingerprint density at radius 3 is 1.55 bits per heavy atom. The average Bonchev–Trinajstić information content (AvgIpc) is 3.46. The molecular formula is C35H28N4O. The van der Waals surface area contributed by atoms with Crippen LogP contribution in [0.4, 0.5) is 22.7 Å². The summed E-state index contributed by atoms with van der Waals surface area (Å²) in [4.78, 5) is 0. The molecule has 0 saturated heterocycles. The minimum Gasteiger partial charge on any atom is -0.455 e. The quantitative estimate of drug-likeness (QED) is 0.148. The van der Waals surface area contributed by atoms with Gasteiger partial charge in [0.05, 0.1) is 29.0 Å². The highest BCUT2D eigenvalue weighted by Gasteiger charge is 2.13. The van der Waals surface area contributed by atoms with Gasteiger partial charge in [-0.15, -0.1) is 0 Å². The zero-order chi connectivity index (χ0) is 27.1. The molecule has 1 heterocycles. The Bertz CT molecular complexity index is 1670. The predicted octanol–water partition coefficient (Wildman–Crippen LogP) is 9.17. The van der Waals surface area contributed by atoms with Crippen molar-refractivity contribution in [1.29, 1.82) is 0 Å². The van der Waals surface area contributed by atoms with E-state index in [1.54, 1.807) is 0 Å². The topological polar surface area (TPSA) is 44.3 Å². The standard InChI is InChI=1S/C35H28N4O/c1-27(37-39(32-18-10-4-11-19-32)33-20-12-5-13-21-33)35-25-29-24-28(22-23-34(29)40-35)26-36-38(30-14-6-2-7-15-30)31-16-8-3-9-17-31/h2-26H,1H3/b36-26+,37-27+. The molecule has 0 aliphatic heterocycles. The largest absolute Gasteiger partial charge is 0.455 e. The van der Waals surface area contributed by atoms with E-state index in [-0.39, 0.29) is 0 Å². The molecule has 0 aliphatic rings. The zero-order valence-electron chi connectivity index (χ0n) is 22.1. The fraction of sp³-hybridized carbons (Fsp3) is 0.0286. The second-order valence-corrected chi connectivity index (χ2v) is 9.30. The summed E-state index contributed by atoms with van der Waals surface area (Å²) >= 11 is 0. The molecule has 0 unspecified atom stereocenters. The van der Waals surface area contributed by atoms with Crippen LogP contribution in [0.25, 0.3) is 11.0 Å². The Kier molecular flexibility index (Phi) is 7.18. The molecule has 5 heteroatoms. The monoisotopic (exact) mass is 520 g/mol. The fourth-order valence-corrected chi connectivity index (χ4v) is 4.47. The first-order chi connectivity index (χ1) is 19.7. The van der Waals surface area contributed by atoms with E-state index in [4.69, 9.17) is 14.6 Å². The molecule has 6 aromatic rings. The summed E-state index contributed by atoms with van der Waals surface area (Å²) in [6.45, 7) is 1.97. The van der Waals surface area contributed by atoms with Crippen LogP contribution < -0.4 is 10.0 Å². The number of fused-ring (bicyclic) bond motifs is 1. The van der Waals surface area contributed by atoms with Crippen LogP contribution in [-0.4, -0.2) is 11.9 Å². The molecule has 1 aromatic heterocycles. The maximum Gasteiger partial charge on any atom is 0.151 e. The summed E-state index contributed by atoms with van der Waals surface area (Å²) in [5.74, 6) is 0.719. The molecule has 0 N–H and O–H groups in total. The number of hydrazone groups is 2. The predicted molar refractivity (Wildman–Crippen MR) is 166 cm³/mol. The lowest BCUT2D eigenvalue weighted by Crippen LogP contribution is -2.12. The van der Waals surface area contributed by atoms with Gasteiger partial charge in [-0.1, -0.05) is 72.8 Å². The van der Waals surface area contributed by atoms with Gasteiger partial charge in [0.1, 0.15) is 11.3 Å². The summed E-state index contributed by atoms with van der Waals surface area (Å²) in [6, 6.07) is 48.6. The fourth-order valence-electron chi connectivity index (χ4n) is 4.47. The SMILES string of the molecule is C/C(=N\N(c1ccccc1)c1ccccc1)c1cc2cc(/C=N/N(c3ccccc3)c3ccccc3)ccc2o1. The summed E-state index contributed by atoms with van der Waals surface area (Å²) in [5.41, 5.74) is 6.48. The van der Waals surface area contributed by atoms with Crippen LogP contribution in [0.3, 0.4) is 0 Å². The van der Waals surface area contributed by atoms with Crippen molar-refractivity contribution in [2.45, 2.75) is 6.92 Å². The van der Waals surface area contributed by atoms with Gasteiger partial charge in [0.25, 0.3) is 0 Å². The smallest absolute Gasteiger partial charge is 0.151 e. The number of para-hydroxylation sites is 4. The first kappa shape index (κ1) is 24.9. The van der Waals surface area contributed by atoms with Crippen LogP contribution in [0.15, 0.2) is 160 Å². The van der Waals surface area contributed by atoms with Gasteiger partial charge < -0.3 is 4.42 Å². The average molecular weight is 521 g/mol. The first-order valence-electron chi connectivity index (χ1n) is 13.2. The number of anilines is 4. The molecule has 0 bridgehead atoms. The zero-order valence-corrected chi connectivity index (χ0v) is 22.1. The van der Waals surface area contributed by atoms with E-state index in [0.29, 0.717) is 0 Å². The first-order valence-corrected chi connectivity index (χ1v) is 13.2. The van der Waals surface area contributed by atoms with E-state index in [2.05, 4.69) is 6.07 Å². The number of hydrogen-bond donors (Lipinski definition) is 0. The van der Waals surface area contributed by atoms with E-state index in [1.807, 2.05) is 163 Å². The minimum atomic E-state index is 0.719. The second kappa shape index (κ2) is 11.5. The van der Waals surface area contributed by atoms with Crippen molar-refractivity contribution in [3.8, 4) is 0 Å². The maximum absolute atomic E-state index is 6.21. The normalized spacial score (nSPS) is 11.7. The maximum atomic E-state index is 6.21. The third-order valence-electron chi connectivity index (χ3n) is 6.47. The molecule has 0 aliphatic carbocycles. The highest BCUT2D eigenvalue weighted by Crippen LogP contribution is 2.28. The molecule has 0 atom stereocenters. The van der Waals surface area contributed by atoms with E-state index >= 15 is 0 Å². The molecule has 0 amide bonds. The molecule has 0 radical (unpaired) electrons. The van der Waals surface area contributed by atoms with Crippen molar-refractivity contribution in [2.75, 3.05) is 10.0 Å². The highest BCUT2D eigenvalue weighted by atomic mass is 16.3. The van der Waals surface area contributed by atoms with Crippen molar-refractivity contribution < 1.29 is 4.42 Å². The number of hydrogen-bond acceptors (Lipinski definition) is 5. The molecule has 40 heavy (non-hydrogen) atoms. The number of benzene rings is 5. The minimum absolute atomic E-state index is 0.719. The molecule has 5 nitrogen and oxygen atoms in total. The van der Waals surface area contributed by atoms with Gasteiger partial charge in [0.2, 0.25) is 0 Å². The van der Waals surface area contributed by atoms with E-state index < -0.39 is 0 Å². The van der Waals surface area contributed by atoms with Crippen LogP contribution in [0.1, 0.15) is 18.2 Å². The number of nitrogens with zero attached hydrogens (tertiary/aromatic N) is 4. The highest BCUT2D eigenvalue weighted by molar-refractivity contribution is 6.01. The summed E-state index contributed by atoms with van der Waals surface area (Å²) in [6.07, 6.45) is 1.87. The Morgan fingerprint density at radius 2 is 1.05 bits per heavy atom. The molecule has 0 spiro atoms. The Morgan fingerprint density at radius 1 is 0.575 bits per heavy atom. The lowest BCUT2D eigenvalue weighted by molar-refractivity contribution is 0.604. The van der Waals surface area contributed by atoms with Crippen LogP contribution in [-0.2, 0) is 0 Å². The summed E-state index contributed by atoms with van der Waals surface area (Å²) in [5, 5.41) is 14.6. The lowest BCUT2D eigenvalue weighted by atomic mass is 10.1. The van der Waals surface area contributed by atoms with Crippen molar-refractivity contribution in [2.24, 2.45) is 10.2 Å². The molecule has 0 saturated carbocycles. The van der Waals surface area contributed by atoms with Gasteiger partial charge >= 0.3 is 0 Å². The van der Waals surface area contributed by atoms with Gasteiger partial charge in [-0.05, 0) is 85.3 Å². The summed E-state index contributed by atoms with van der Waals surface area (Å²) in [7, 11) is 0. The Hall–Kier alpha value is -5.42. The van der Waals surface area contributed by atoms with Crippen LogP contribution in [0.5, 0.6) is 0 Å². The summed E-state index contributed by atoms with van der Waals surface area (Å²) < 4.78 is 6.21. The van der Waals surface area contributed by atoms with Gasteiger partial charge in [0.15, 0.2) is 5.76 Å². The molecule has 194 valence electrons. The van der Waals surface area contributed by atoms with Crippen LogP contribution >= 0.6 is 0 Å². The van der Waals surface area contributed by atoms with Gasteiger partial charge in [0, 0.05) is 5.39 Å². The van der Waals surface area contributed by atoms with Crippen molar-refractivity contribution in [3.63, 3.8) is 0 Å². The number of rotatable bonds is 8. The number of furan rings is 1. The van der Waals surface area contributed by atoms with Crippen molar-refractivity contribution in [1.82, 2.24) is 0 Å². The van der Waals surface area contributed by atoms with Gasteiger partial charge in [-0.3, -0.25) is 0 Å².